The summed E-state index contributed by atoms with van der Waals surface area (Å²) in [7, 11) is 0. The second kappa shape index (κ2) is 4.30. The Kier molecular flexibility index (Phi) is 2.81. The Labute approximate surface area is 107 Å². The van der Waals surface area contributed by atoms with Crippen molar-refractivity contribution in [3.05, 3.63) is 17.8 Å². The molecule has 0 aromatic carbocycles. The number of aromatic nitrogens is 2. The minimum absolute atomic E-state index is 0.755. The molecule has 1 saturated heterocycles. The molecule has 1 aliphatic rings. The molecular formula is C11H12BrN3S. The smallest absolute Gasteiger partial charge is 0.150 e. The van der Waals surface area contributed by atoms with Crippen LogP contribution in [0.5, 0.6) is 0 Å². The summed E-state index contributed by atoms with van der Waals surface area (Å²) in [6.07, 6.45) is 2.92. The minimum atomic E-state index is 0.755. The predicted octanol–water partition coefficient (Wildman–Crippen LogP) is 2.91. The van der Waals surface area contributed by atoms with E-state index in [4.69, 9.17) is 0 Å². The molecule has 1 atom stereocenters. The lowest BCUT2D eigenvalue weighted by Gasteiger charge is -2.17. The van der Waals surface area contributed by atoms with Crippen LogP contribution in [0, 0.1) is 5.92 Å². The largest absolute Gasteiger partial charge is 0.355 e. The first-order valence-electron chi connectivity index (χ1n) is 5.37. The van der Waals surface area contributed by atoms with Crippen molar-refractivity contribution in [2.75, 3.05) is 23.3 Å². The van der Waals surface area contributed by atoms with Gasteiger partial charge in [0, 0.05) is 18.4 Å². The molecule has 0 aliphatic carbocycles. The third kappa shape index (κ3) is 1.72. The number of hydrogen-bond acceptors (Lipinski definition) is 4. The molecule has 0 radical (unpaired) electrons. The van der Waals surface area contributed by atoms with E-state index in [1.54, 1.807) is 17.7 Å². The van der Waals surface area contributed by atoms with Gasteiger partial charge in [-0.3, -0.25) is 0 Å². The van der Waals surface area contributed by atoms with Gasteiger partial charge in [0.2, 0.25) is 0 Å². The number of alkyl halides is 1. The van der Waals surface area contributed by atoms with Gasteiger partial charge in [-0.15, -0.1) is 11.3 Å². The molecule has 1 fully saturated rings. The Morgan fingerprint density at radius 1 is 1.50 bits per heavy atom. The van der Waals surface area contributed by atoms with Crippen LogP contribution >= 0.6 is 27.3 Å². The standard InChI is InChI=1S/C11H12BrN3S/c12-5-8-1-3-15(6-8)11-10-9(2-4-16-10)13-7-14-11/h2,4,7-8H,1,3,5-6H2. The SMILES string of the molecule is BrCC1CCN(c2ncnc3ccsc23)C1. The maximum Gasteiger partial charge on any atom is 0.150 e. The van der Waals surface area contributed by atoms with Crippen molar-refractivity contribution in [2.24, 2.45) is 5.92 Å². The van der Waals surface area contributed by atoms with Crippen LogP contribution in [0.1, 0.15) is 6.42 Å². The van der Waals surface area contributed by atoms with Gasteiger partial charge in [-0.2, -0.15) is 0 Å². The molecule has 0 saturated carbocycles. The second-order valence-electron chi connectivity index (χ2n) is 4.09. The van der Waals surface area contributed by atoms with Gasteiger partial charge >= 0.3 is 0 Å². The van der Waals surface area contributed by atoms with Crippen molar-refractivity contribution < 1.29 is 0 Å². The van der Waals surface area contributed by atoms with E-state index in [1.165, 1.54) is 11.1 Å². The zero-order valence-electron chi connectivity index (χ0n) is 8.77. The lowest BCUT2D eigenvalue weighted by molar-refractivity contribution is 0.675. The van der Waals surface area contributed by atoms with E-state index in [0.717, 1.165) is 35.7 Å². The van der Waals surface area contributed by atoms with Crippen molar-refractivity contribution in [1.29, 1.82) is 0 Å². The van der Waals surface area contributed by atoms with E-state index < -0.39 is 0 Å². The first-order chi connectivity index (χ1) is 7.88. The zero-order valence-corrected chi connectivity index (χ0v) is 11.2. The van der Waals surface area contributed by atoms with Gasteiger partial charge in [-0.1, -0.05) is 15.9 Å². The molecule has 3 heterocycles. The Hall–Kier alpha value is -0.680. The molecule has 0 N–H and O–H groups in total. The molecule has 0 amide bonds. The molecule has 3 rings (SSSR count). The number of thiophene rings is 1. The van der Waals surface area contributed by atoms with Gasteiger partial charge < -0.3 is 4.90 Å². The van der Waals surface area contributed by atoms with E-state index in [-0.39, 0.29) is 0 Å². The first kappa shape index (κ1) is 10.5. The number of nitrogens with zero attached hydrogens (tertiary/aromatic N) is 3. The van der Waals surface area contributed by atoms with E-state index in [2.05, 4.69) is 42.2 Å². The number of rotatable bonds is 2. The fourth-order valence-corrected chi connectivity index (χ4v) is 3.54. The first-order valence-corrected chi connectivity index (χ1v) is 7.37. The van der Waals surface area contributed by atoms with Crippen LogP contribution in [-0.2, 0) is 0 Å². The maximum atomic E-state index is 4.44. The predicted molar refractivity (Wildman–Crippen MR) is 71.5 cm³/mol. The van der Waals surface area contributed by atoms with Crippen molar-refractivity contribution in [2.45, 2.75) is 6.42 Å². The number of hydrogen-bond donors (Lipinski definition) is 0. The van der Waals surface area contributed by atoms with Crippen molar-refractivity contribution in [1.82, 2.24) is 9.97 Å². The molecule has 84 valence electrons. The number of anilines is 1. The summed E-state index contributed by atoms with van der Waals surface area (Å²) in [5, 5.41) is 3.17. The molecule has 2 aromatic heterocycles. The number of fused-ring (bicyclic) bond motifs is 1. The van der Waals surface area contributed by atoms with E-state index in [1.807, 2.05) is 0 Å². The molecule has 5 heteroatoms. The van der Waals surface area contributed by atoms with Crippen molar-refractivity contribution in [3.8, 4) is 0 Å². The molecule has 1 unspecified atom stereocenters. The molecule has 3 nitrogen and oxygen atoms in total. The molecule has 2 aromatic rings. The topological polar surface area (TPSA) is 29.0 Å². The van der Waals surface area contributed by atoms with Gasteiger partial charge in [0.1, 0.15) is 12.1 Å². The van der Waals surface area contributed by atoms with Crippen LogP contribution in [0.15, 0.2) is 17.8 Å². The van der Waals surface area contributed by atoms with Gasteiger partial charge in [0.25, 0.3) is 0 Å². The summed E-state index contributed by atoms with van der Waals surface area (Å²) >= 11 is 5.29. The Bertz CT molecular complexity index is 499. The van der Waals surface area contributed by atoms with Crippen molar-refractivity contribution in [3.63, 3.8) is 0 Å². The Morgan fingerprint density at radius 2 is 2.44 bits per heavy atom. The monoisotopic (exact) mass is 297 g/mol. The van der Waals surface area contributed by atoms with Crippen LogP contribution in [0.2, 0.25) is 0 Å². The summed E-state index contributed by atoms with van der Waals surface area (Å²) in [6.45, 7) is 2.22. The molecule has 0 bridgehead atoms. The van der Waals surface area contributed by atoms with Crippen LogP contribution < -0.4 is 4.90 Å². The molecule has 16 heavy (non-hydrogen) atoms. The lowest BCUT2D eigenvalue weighted by Crippen LogP contribution is -2.21. The van der Waals surface area contributed by atoms with Crippen molar-refractivity contribution >= 4 is 43.3 Å². The highest BCUT2D eigenvalue weighted by Crippen LogP contribution is 2.31. The normalized spacial score (nSPS) is 20.8. The van der Waals surface area contributed by atoms with Gasteiger partial charge in [0.05, 0.1) is 10.2 Å². The van der Waals surface area contributed by atoms with Gasteiger partial charge in [-0.25, -0.2) is 9.97 Å². The van der Waals surface area contributed by atoms with Crippen LogP contribution in [0.25, 0.3) is 10.2 Å². The molecule has 0 spiro atoms. The van der Waals surface area contributed by atoms with E-state index >= 15 is 0 Å². The Morgan fingerprint density at radius 3 is 3.25 bits per heavy atom. The third-order valence-electron chi connectivity index (χ3n) is 3.03. The van der Waals surface area contributed by atoms with E-state index in [9.17, 15) is 0 Å². The Balaban J connectivity index is 1.97. The quantitative estimate of drug-likeness (QED) is 0.798. The fourth-order valence-electron chi connectivity index (χ4n) is 2.15. The van der Waals surface area contributed by atoms with Gasteiger partial charge in [-0.05, 0) is 23.8 Å². The van der Waals surface area contributed by atoms with Crippen LogP contribution in [-0.4, -0.2) is 28.4 Å². The van der Waals surface area contributed by atoms with Crippen LogP contribution in [0.4, 0.5) is 5.82 Å². The summed E-state index contributed by atoms with van der Waals surface area (Å²) in [4.78, 5) is 11.1. The second-order valence-corrected chi connectivity index (χ2v) is 5.65. The third-order valence-corrected chi connectivity index (χ3v) is 4.84. The maximum absolute atomic E-state index is 4.44. The highest BCUT2D eigenvalue weighted by atomic mass is 79.9. The fraction of sp³-hybridized carbons (Fsp3) is 0.455. The molecular weight excluding hydrogens is 286 g/mol. The summed E-state index contributed by atoms with van der Waals surface area (Å²) in [5.74, 6) is 1.87. The summed E-state index contributed by atoms with van der Waals surface area (Å²) < 4.78 is 1.22. The average Bonchev–Trinajstić information content (AvgIpc) is 2.97. The summed E-state index contributed by atoms with van der Waals surface area (Å²) in [5.41, 5.74) is 1.07. The zero-order chi connectivity index (χ0) is 11.0. The highest BCUT2D eigenvalue weighted by Gasteiger charge is 2.24. The highest BCUT2D eigenvalue weighted by molar-refractivity contribution is 9.09. The summed E-state index contributed by atoms with van der Waals surface area (Å²) in [6, 6.07) is 2.06. The molecule has 1 aliphatic heterocycles. The number of halogens is 1. The average molecular weight is 298 g/mol. The lowest BCUT2D eigenvalue weighted by atomic mass is 10.2. The van der Waals surface area contributed by atoms with Gasteiger partial charge in [0.15, 0.2) is 0 Å². The van der Waals surface area contributed by atoms with Crippen LogP contribution in [0.3, 0.4) is 0 Å². The van der Waals surface area contributed by atoms with E-state index in [0.29, 0.717) is 0 Å². The minimum Gasteiger partial charge on any atom is -0.355 e.